The van der Waals surface area contributed by atoms with Gasteiger partial charge in [-0.3, -0.25) is 14.0 Å². The van der Waals surface area contributed by atoms with Crippen molar-refractivity contribution >= 4 is 25.6 Å². The topological polar surface area (TPSA) is 179 Å². The van der Waals surface area contributed by atoms with E-state index in [1.54, 1.807) is 7.05 Å². The fourth-order valence-electron chi connectivity index (χ4n) is 5.43. The summed E-state index contributed by atoms with van der Waals surface area (Å²) in [5.74, 6) is -0.277. The molecule has 0 spiro atoms. The molecule has 0 unspecified atom stereocenters. The predicted octanol–water partition coefficient (Wildman–Crippen LogP) is 1.94. The normalized spacial score (nSPS) is 27.9. The highest BCUT2D eigenvalue weighted by atomic mass is 31.2. The van der Waals surface area contributed by atoms with Gasteiger partial charge in [0.2, 0.25) is 0 Å². The summed E-state index contributed by atoms with van der Waals surface area (Å²) in [5, 5.41) is 14.0. The molecule has 2 heterocycles. The molecule has 4 N–H and O–H groups in total. The van der Waals surface area contributed by atoms with Gasteiger partial charge < -0.3 is 29.9 Å². The maximum atomic E-state index is 14.8. The van der Waals surface area contributed by atoms with Crippen molar-refractivity contribution in [3.05, 3.63) is 29.2 Å². The van der Waals surface area contributed by atoms with Crippen LogP contribution >= 0.6 is 7.82 Å². The number of phosphoric ester groups is 1. The van der Waals surface area contributed by atoms with Crippen molar-refractivity contribution in [2.45, 2.75) is 69.2 Å². The Labute approximate surface area is 217 Å². The van der Waals surface area contributed by atoms with E-state index in [0.717, 1.165) is 23.9 Å². The minimum absolute atomic E-state index is 0.0248. The van der Waals surface area contributed by atoms with Crippen molar-refractivity contribution in [1.29, 1.82) is 0 Å². The van der Waals surface area contributed by atoms with E-state index >= 15 is 0 Å². The number of carbonyl (C=O) groups is 2. The van der Waals surface area contributed by atoms with Crippen molar-refractivity contribution in [2.24, 2.45) is 13.0 Å². The fraction of sp³-hybridized carbons (Fsp3) is 0.636. The number of amides is 2. The second-order valence-electron chi connectivity index (χ2n) is 10.2. The average Bonchev–Trinajstić information content (AvgIpc) is 3.45. The molecule has 38 heavy (non-hydrogen) atoms. The first-order valence-corrected chi connectivity index (χ1v) is 13.7. The summed E-state index contributed by atoms with van der Waals surface area (Å²) in [5.41, 5.74) is 0.903. The van der Waals surface area contributed by atoms with E-state index in [0.29, 0.717) is 17.3 Å². The maximum absolute atomic E-state index is 14.8. The number of alkyl carbamates (subject to hydrolysis) is 1. The molecule has 0 aliphatic heterocycles. The number of hydrogen-bond acceptors (Lipinski definition) is 8. The van der Waals surface area contributed by atoms with Crippen molar-refractivity contribution < 1.29 is 42.3 Å². The van der Waals surface area contributed by atoms with Crippen molar-refractivity contribution in [3.8, 4) is 0 Å². The number of phosphoric acid groups is 1. The predicted molar refractivity (Wildman–Crippen MR) is 128 cm³/mol. The van der Waals surface area contributed by atoms with E-state index < -0.39 is 44.7 Å². The number of halogens is 1. The Bertz CT molecular complexity index is 1260. The summed E-state index contributed by atoms with van der Waals surface area (Å²) < 4.78 is 43.5. The van der Waals surface area contributed by atoms with Crippen LogP contribution in [0.5, 0.6) is 0 Å². The lowest BCUT2D eigenvalue weighted by molar-refractivity contribution is -0.0530. The van der Waals surface area contributed by atoms with Gasteiger partial charge in [0.05, 0.1) is 18.0 Å². The van der Waals surface area contributed by atoms with Gasteiger partial charge in [-0.15, -0.1) is 0 Å². The highest BCUT2D eigenvalue weighted by molar-refractivity contribution is 7.46. The Morgan fingerprint density at radius 1 is 1.24 bits per heavy atom. The molecule has 16 heteroatoms. The zero-order chi connectivity index (χ0) is 27.2. The second-order valence-corrected chi connectivity index (χ2v) is 11.5. The molecule has 208 valence electrons. The Morgan fingerprint density at radius 3 is 2.61 bits per heavy atom. The highest BCUT2D eigenvalue weighted by Crippen LogP contribution is 2.57. The number of nitrogens with zero attached hydrogens (tertiary/aromatic N) is 4. The lowest BCUT2D eigenvalue weighted by Crippen LogP contribution is -2.68. The molecule has 3 atom stereocenters. The molecular formula is C22H30FN6O8P. The summed E-state index contributed by atoms with van der Waals surface area (Å²) in [6.45, 7) is -0.467. The number of aryl methyl sites for hydroxylation is 1. The van der Waals surface area contributed by atoms with Crippen molar-refractivity contribution in [3.63, 3.8) is 0 Å². The van der Waals surface area contributed by atoms with Gasteiger partial charge in [-0.1, -0.05) is 0 Å². The summed E-state index contributed by atoms with van der Waals surface area (Å²) in [4.78, 5) is 43.5. The van der Waals surface area contributed by atoms with Crippen LogP contribution in [-0.2, 0) is 38.9 Å². The zero-order valence-corrected chi connectivity index (χ0v) is 21.8. The van der Waals surface area contributed by atoms with Gasteiger partial charge in [0.25, 0.3) is 5.91 Å². The maximum Gasteiger partial charge on any atom is 0.471 e. The van der Waals surface area contributed by atoms with Crippen LogP contribution in [0.4, 0.5) is 15.0 Å². The van der Waals surface area contributed by atoms with Crippen LogP contribution < -0.4 is 10.6 Å². The summed E-state index contributed by atoms with van der Waals surface area (Å²) >= 11 is 0. The minimum atomic E-state index is -4.85. The minimum Gasteiger partial charge on any atom is -0.443 e. The molecule has 4 fully saturated rings. The van der Waals surface area contributed by atoms with E-state index in [-0.39, 0.29) is 36.5 Å². The zero-order valence-electron chi connectivity index (χ0n) is 20.9. The van der Waals surface area contributed by atoms with E-state index in [1.807, 2.05) is 0 Å². The number of carbonyl (C=O) groups excluding carboxylic acids is 2. The lowest BCUT2D eigenvalue weighted by Gasteiger charge is -2.61. The van der Waals surface area contributed by atoms with Crippen LogP contribution in [0.2, 0.25) is 0 Å². The van der Waals surface area contributed by atoms with Crippen molar-refractivity contribution in [2.75, 3.05) is 12.4 Å². The third kappa shape index (κ3) is 5.61. The first-order valence-electron chi connectivity index (χ1n) is 12.2. The number of ether oxygens (including phenoxy) is 2. The molecule has 14 nitrogen and oxygen atoms in total. The summed E-state index contributed by atoms with van der Waals surface area (Å²) in [6.07, 6.45) is -0.0180. The molecular weight excluding hydrogens is 526 g/mol. The van der Waals surface area contributed by atoms with E-state index in [1.165, 1.54) is 23.9 Å². The molecule has 6 rings (SSSR count). The molecule has 0 radical (unpaired) electrons. The van der Waals surface area contributed by atoms with Crippen LogP contribution in [0, 0.1) is 5.92 Å². The molecule has 2 aromatic heterocycles. The van der Waals surface area contributed by atoms with Gasteiger partial charge in [-0.05, 0) is 44.1 Å². The number of alkyl halides is 1. The average molecular weight is 556 g/mol. The monoisotopic (exact) mass is 556 g/mol. The molecule has 4 aliphatic rings. The van der Waals surface area contributed by atoms with E-state index in [4.69, 9.17) is 19.3 Å². The number of anilines is 1. The summed E-state index contributed by atoms with van der Waals surface area (Å²) in [7, 11) is -1.77. The fourth-order valence-corrected chi connectivity index (χ4v) is 5.69. The van der Waals surface area contributed by atoms with Gasteiger partial charge in [0.15, 0.2) is 6.73 Å². The Kier molecular flexibility index (Phi) is 7.07. The van der Waals surface area contributed by atoms with E-state index in [9.17, 15) is 18.5 Å². The number of methoxy groups -OCH3 is 1. The quantitative estimate of drug-likeness (QED) is 0.316. The number of nitrogens with one attached hydrogen (secondary N) is 2. The molecule has 0 aromatic carbocycles. The highest BCUT2D eigenvalue weighted by Gasteiger charge is 2.58. The number of rotatable bonds is 10. The smallest absolute Gasteiger partial charge is 0.443 e. The third-order valence-corrected chi connectivity index (χ3v) is 7.81. The Balaban J connectivity index is 1.28. The van der Waals surface area contributed by atoms with Gasteiger partial charge in [-0.2, -0.15) is 10.2 Å². The second kappa shape index (κ2) is 10.0. The van der Waals surface area contributed by atoms with Crippen LogP contribution in [-0.4, -0.2) is 66.3 Å². The molecule has 4 aliphatic carbocycles. The molecule has 0 saturated heterocycles. The molecule has 4 saturated carbocycles. The SMILES string of the molecule is COCc1cc(C(=O)Nc2cc([C@H]3C[C@@H](F)[C@@H](OC(=O)NC45CC(C4)C5)C3)nn2COP(=O)(O)O)n(C)n1. The van der Waals surface area contributed by atoms with Crippen LogP contribution in [0.1, 0.15) is 59.9 Å². The van der Waals surface area contributed by atoms with E-state index in [2.05, 4.69) is 25.4 Å². The van der Waals surface area contributed by atoms with Crippen LogP contribution in [0.15, 0.2) is 12.1 Å². The number of hydrogen-bond donors (Lipinski definition) is 4. The van der Waals surface area contributed by atoms with Crippen LogP contribution in [0.3, 0.4) is 0 Å². The van der Waals surface area contributed by atoms with Gasteiger partial charge in [-0.25, -0.2) is 18.4 Å². The standard InChI is InChI=1S/C22H30FN6O8P/c1-28-17(5-14(26-28)10-35-2)20(30)24-19-6-16(27-29(19)11-36-38(32,33)34)13-3-15(23)18(4-13)37-21(31)25-22-7-12(8-22)9-22/h5-6,12-13,15,18H,3-4,7-11H2,1-2H3,(H,24,30)(H,25,31)(H2,32,33,34)/t12?,13-,15+,18-,22?/m0/s1. The molecule has 2 bridgehead atoms. The Hall–Kier alpha value is -2.84. The first kappa shape index (κ1) is 26.8. The first-order chi connectivity index (χ1) is 17.9. The molecule has 2 aromatic rings. The van der Waals surface area contributed by atoms with Crippen molar-refractivity contribution in [1.82, 2.24) is 24.9 Å². The van der Waals surface area contributed by atoms with Gasteiger partial charge in [0.1, 0.15) is 23.8 Å². The Morgan fingerprint density at radius 2 is 1.97 bits per heavy atom. The number of aromatic nitrogens is 4. The van der Waals surface area contributed by atoms with Gasteiger partial charge >= 0.3 is 13.9 Å². The largest absolute Gasteiger partial charge is 0.471 e. The van der Waals surface area contributed by atoms with Crippen LogP contribution in [0.25, 0.3) is 0 Å². The lowest BCUT2D eigenvalue weighted by atomic mass is 9.50. The van der Waals surface area contributed by atoms with Gasteiger partial charge in [0, 0.05) is 31.7 Å². The third-order valence-electron chi connectivity index (χ3n) is 7.36. The summed E-state index contributed by atoms with van der Waals surface area (Å²) in [6, 6.07) is 3.02. The molecule has 2 amide bonds.